The van der Waals surface area contributed by atoms with Crippen LogP contribution in [0.5, 0.6) is 0 Å². The molecule has 1 rings (SSSR count). The largest absolute Gasteiger partial charge is 0.375 e. The maximum Gasteiger partial charge on any atom is 0.246 e. The molecule has 0 fully saturated rings. The summed E-state index contributed by atoms with van der Waals surface area (Å²) < 4.78 is 5.50. The number of ether oxygens (including phenoxy) is 1. The molecule has 0 spiro atoms. The maximum absolute atomic E-state index is 11.4. The Bertz CT molecular complexity index is 360. The lowest BCUT2D eigenvalue weighted by molar-refractivity contribution is -0.125. The van der Waals surface area contributed by atoms with Gasteiger partial charge in [-0.1, -0.05) is 36.4 Å². The molecular formula is C14H19NO2. The smallest absolute Gasteiger partial charge is 0.246 e. The minimum absolute atomic E-state index is 0.0100. The van der Waals surface area contributed by atoms with Crippen molar-refractivity contribution < 1.29 is 9.53 Å². The molecule has 3 heteroatoms. The zero-order valence-electron chi connectivity index (χ0n) is 10.4. The van der Waals surface area contributed by atoms with Crippen molar-refractivity contribution in [1.82, 2.24) is 4.90 Å². The van der Waals surface area contributed by atoms with E-state index in [2.05, 4.69) is 0 Å². The molecule has 17 heavy (non-hydrogen) atoms. The fourth-order valence-corrected chi connectivity index (χ4v) is 1.35. The Kier molecular flexibility index (Phi) is 6.04. The molecule has 0 radical (unpaired) electrons. The van der Waals surface area contributed by atoms with Crippen molar-refractivity contribution in [1.29, 1.82) is 0 Å². The van der Waals surface area contributed by atoms with Gasteiger partial charge in [0.2, 0.25) is 5.91 Å². The lowest BCUT2D eigenvalue weighted by Gasteiger charge is -2.14. The normalized spacial score (nSPS) is 10.7. The quantitative estimate of drug-likeness (QED) is 0.557. The summed E-state index contributed by atoms with van der Waals surface area (Å²) in [6, 6.07) is 10.00. The van der Waals surface area contributed by atoms with Crippen LogP contribution >= 0.6 is 0 Å². The van der Waals surface area contributed by atoms with Gasteiger partial charge in [0.25, 0.3) is 0 Å². The van der Waals surface area contributed by atoms with Crippen molar-refractivity contribution in [2.24, 2.45) is 0 Å². The van der Waals surface area contributed by atoms with Crippen LogP contribution in [0.1, 0.15) is 12.5 Å². The number of carbonyl (C=O) groups is 1. The topological polar surface area (TPSA) is 29.5 Å². The van der Waals surface area contributed by atoms with Gasteiger partial charge in [-0.15, -0.1) is 0 Å². The third-order valence-electron chi connectivity index (χ3n) is 2.37. The van der Waals surface area contributed by atoms with Gasteiger partial charge in [-0.2, -0.15) is 0 Å². The Morgan fingerprint density at radius 2 is 2.06 bits per heavy atom. The lowest BCUT2D eigenvalue weighted by Crippen LogP contribution is -2.28. The van der Waals surface area contributed by atoms with E-state index >= 15 is 0 Å². The number of amides is 1. The highest BCUT2D eigenvalue weighted by Gasteiger charge is 2.03. The fourth-order valence-electron chi connectivity index (χ4n) is 1.35. The number of likely N-dealkylation sites (N-methyl/N-ethyl adjacent to an activating group) is 1. The number of hydrogen-bond acceptors (Lipinski definition) is 2. The van der Waals surface area contributed by atoms with Crippen molar-refractivity contribution >= 4 is 5.91 Å². The van der Waals surface area contributed by atoms with Gasteiger partial charge in [-0.3, -0.25) is 4.79 Å². The van der Waals surface area contributed by atoms with E-state index < -0.39 is 0 Å². The number of carbonyl (C=O) groups excluding carboxylic acids is 1. The molecule has 0 saturated heterocycles. The Morgan fingerprint density at radius 1 is 1.35 bits per heavy atom. The molecule has 0 bridgehead atoms. The first-order valence-corrected chi connectivity index (χ1v) is 5.73. The average Bonchev–Trinajstić information content (AvgIpc) is 2.36. The summed E-state index contributed by atoms with van der Waals surface area (Å²) in [5.41, 5.74) is 1.15. The molecule has 1 aromatic rings. The molecule has 0 aliphatic rings. The summed E-state index contributed by atoms with van der Waals surface area (Å²) >= 11 is 0. The monoisotopic (exact) mass is 233 g/mol. The molecule has 3 nitrogen and oxygen atoms in total. The molecule has 0 unspecified atom stereocenters. The van der Waals surface area contributed by atoms with Gasteiger partial charge < -0.3 is 9.64 Å². The van der Waals surface area contributed by atoms with E-state index in [1.54, 1.807) is 24.1 Å². The summed E-state index contributed by atoms with van der Waals surface area (Å²) in [5.74, 6) is 0.0100. The van der Waals surface area contributed by atoms with Crippen molar-refractivity contribution in [3.8, 4) is 0 Å². The van der Waals surface area contributed by atoms with Crippen LogP contribution < -0.4 is 0 Å². The van der Waals surface area contributed by atoms with Gasteiger partial charge >= 0.3 is 0 Å². The van der Waals surface area contributed by atoms with Gasteiger partial charge in [-0.05, 0) is 18.6 Å². The van der Waals surface area contributed by atoms with Crippen LogP contribution in [0.4, 0.5) is 0 Å². The first-order valence-electron chi connectivity index (χ1n) is 5.73. The molecule has 92 valence electrons. The summed E-state index contributed by atoms with van der Waals surface area (Å²) in [4.78, 5) is 13.0. The molecular weight excluding hydrogens is 214 g/mol. The Balaban J connectivity index is 2.18. The number of rotatable bonds is 6. The highest BCUT2D eigenvalue weighted by molar-refractivity contribution is 5.87. The van der Waals surface area contributed by atoms with E-state index in [4.69, 9.17) is 4.74 Å². The van der Waals surface area contributed by atoms with Crippen LogP contribution in [0.2, 0.25) is 0 Å². The van der Waals surface area contributed by atoms with Gasteiger partial charge in [0, 0.05) is 13.6 Å². The van der Waals surface area contributed by atoms with E-state index in [9.17, 15) is 4.79 Å². The average molecular weight is 233 g/mol. The van der Waals surface area contributed by atoms with Crippen molar-refractivity contribution in [3.63, 3.8) is 0 Å². The van der Waals surface area contributed by atoms with Gasteiger partial charge in [0.15, 0.2) is 0 Å². The third-order valence-corrected chi connectivity index (χ3v) is 2.37. The first-order chi connectivity index (χ1) is 8.24. The zero-order valence-corrected chi connectivity index (χ0v) is 10.4. The molecule has 0 aliphatic heterocycles. The maximum atomic E-state index is 11.4. The predicted octanol–water partition coefficient (Wildman–Crippen LogP) is 2.24. The SMILES string of the molecule is C/C=C/C(=O)N(C)CCOCc1ccccc1. The number of benzene rings is 1. The highest BCUT2D eigenvalue weighted by atomic mass is 16.5. The summed E-state index contributed by atoms with van der Waals surface area (Å²) in [6.07, 6.45) is 3.29. The van der Waals surface area contributed by atoms with Gasteiger partial charge in [-0.25, -0.2) is 0 Å². The molecule has 0 heterocycles. The predicted molar refractivity (Wildman–Crippen MR) is 68.5 cm³/mol. The lowest BCUT2D eigenvalue weighted by atomic mass is 10.2. The fraction of sp³-hybridized carbons (Fsp3) is 0.357. The summed E-state index contributed by atoms with van der Waals surface area (Å²) in [6.45, 7) is 3.58. The Hall–Kier alpha value is -1.61. The van der Waals surface area contributed by atoms with Gasteiger partial charge in [0.05, 0.1) is 13.2 Å². The number of hydrogen-bond donors (Lipinski definition) is 0. The van der Waals surface area contributed by atoms with E-state index in [1.807, 2.05) is 37.3 Å². The van der Waals surface area contributed by atoms with E-state index in [-0.39, 0.29) is 5.91 Å². The van der Waals surface area contributed by atoms with Crippen LogP contribution in [0.3, 0.4) is 0 Å². The second-order valence-corrected chi connectivity index (χ2v) is 3.80. The van der Waals surface area contributed by atoms with Crippen LogP contribution in [0.15, 0.2) is 42.5 Å². The first kappa shape index (κ1) is 13.5. The minimum Gasteiger partial charge on any atom is -0.375 e. The number of allylic oxidation sites excluding steroid dienone is 1. The molecule has 0 N–H and O–H groups in total. The second kappa shape index (κ2) is 7.63. The standard InChI is InChI=1S/C14H19NO2/c1-3-7-14(16)15(2)10-11-17-12-13-8-5-4-6-9-13/h3-9H,10-12H2,1-2H3/b7-3+. The zero-order chi connectivity index (χ0) is 12.5. The van der Waals surface area contributed by atoms with E-state index in [0.717, 1.165) is 5.56 Å². The molecule has 1 aromatic carbocycles. The van der Waals surface area contributed by atoms with Crippen molar-refractivity contribution in [3.05, 3.63) is 48.0 Å². The van der Waals surface area contributed by atoms with Crippen LogP contribution in [-0.4, -0.2) is 31.0 Å². The molecule has 0 atom stereocenters. The van der Waals surface area contributed by atoms with Crippen molar-refractivity contribution in [2.45, 2.75) is 13.5 Å². The van der Waals surface area contributed by atoms with Crippen molar-refractivity contribution in [2.75, 3.05) is 20.2 Å². The Labute approximate surface area is 103 Å². The third kappa shape index (κ3) is 5.31. The van der Waals surface area contributed by atoms with E-state index in [0.29, 0.717) is 19.8 Å². The highest BCUT2D eigenvalue weighted by Crippen LogP contribution is 2.00. The molecule has 0 aliphatic carbocycles. The van der Waals surface area contributed by atoms with Gasteiger partial charge in [0.1, 0.15) is 0 Å². The summed E-state index contributed by atoms with van der Waals surface area (Å²) in [5, 5.41) is 0. The summed E-state index contributed by atoms with van der Waals surface area (Å²) in [7, 11) is 1.77. The van der Waals surface area contributed by atoms with Crippen LogP contribution in [0.25, 0.3) is 0 Å². The molecule has 1 amide bonds. The Morgan fingerprint density at radius 3 is 2.71 bits per heavy atom. The minimum atomic E-state index is 0.0100. The number of nitrogens with zero attached hydrogens (tertiary/aromatic N) is 1. The van der Waals surface area contributed by atoms with E-state index in [1.165, 1.54) is 0 Å². The second-order valence-electron chi connectivity index (χ2n) is 3.80. The van der Waals surface area contributed by atoms with Crippen LogP contribution in [0, 0.1) is 0 Å². The molecule has 0 aromatic heterocycles. The van der Waals surface area contributed by atoms with Crippen LogP contribution in [-0.2, 0) is 16.1 Å². The molecule has 0 saturated carbocycles.